The Morgan fingerprint density at radius 1 is 1.30 bits per heavy atom. The maximum Gasteiger partial charge on any atom is 0.305 e. The molecule has 0 amide bonds. The van der Waals surface area contributed by atoms with E-state index in [0.717, 1.165) is 19.4 Å². The van der Waals surface area contributed by atoms with Gasteiger partial charge in [0, 0.05) is 29.6 Å². The third-order valence-corrected chi connectivity index (χ3v) is 6.92. The molecule has 0 radical (unpaired) electrons. The van der Waals surface area contributed by atoms with Crippen LogP contribution in [0.25, 0.3) is 10.9 Å². The van der Waals surface area contributed by atoms with Gasteiger partial charge in [0.25, 0.3) is 0 Å². The van der Waals surface area contributed by atoms with Gasteiger partial charge in [0.05, 0.1) is 13.2 Å². The minimum atomic E-state index is -0.0734. The monoisotopic (exact) mass is 368 g/mol. The van der Waals surface area contributed by atoms with Crippen LogP contribution in [0, 0.1) is 5.41 Å². The molecule has 0 saturated carbocycles. The Morgan fingerprint density at radius 3 is 2.96 bits per heavy atom. The number of methoxy groups -OCH3 is 1. The fourth-order valence-corrected chi connectivity index (χ4v) is 5.63. The Morgan fingerprint density at radius 2 is 2.15 bits per heavy atom. The van der Waals surface area contributed by atoms with Gasteiger partial charge >= 0.3 is 5.97 Å². The maximum atomic E-state index is 12.0. The van der Waals surface area contributed by atoms with Gasteiger partial charge in [-0.2, -0.15) is 0 Å². The van der Waals surface area contributed by atoms with E-state index in [1.807, 2.05) is 0 Å². The van der Waals surface area contributed by atoms with Crippen molar-refractivity contribution in [2.24, 2.45) is 5.41 Å². The Hall–Kier alpha value is -1.81. The summed E-state index contributed by atoms with van der Waals surface area (Å²) in [6.45, 7) is 4.57. The highest BCUT2D eigenvalue weighted by molar-refractivity contribution is 5.85. The van der Waals surface area contributed by atoms with E-state index in [0.29, 0.717) is 12.5 Å². The summed E-state index contributed by atoms with van der Waals surface area (Å²) in [7, 11) is 1.50. The molecule has 3 heterocycles. The number of H-pyrrole nitrogens is 1. The van der Waals surface area contributed by atoms with Crippen molar-refractivity contribution in [3.05, 3.63) is 35.5 Å². The first-order valence-electron chi connectivity index (χ1n) is 10.6. The minimum absolute atomic E-state index is 0.0734. The molecular formula is C23H32N2O2. The van der Waals surface area contributed by atoms with Crippen LogP contribution in [-0.4, -0.2) is 36.1 Å². The number of hydrogen-bond donors (Lipinski definition) is 1. The van der Waals surface area contributed by atoms with Gasteiger partial charge in [-0.3, -0.25) is 9.69 Å². The number of hydrogen-bond acceptors (Lipinski definition) is 3. The van der Waals surface area contributed by atoms with E-state index < -0.39 is 0 Å². The third kappa shape index (κ3) is 3.29. The molecule has 1 aromatic heterocycles. The van der Waals surface area contributed by atoms with Crippen LogP contribution < -0.4 is 0 Å². The molecule has 0 aliphatic carbocycles. The highest BCUT2D eigenvalue weighted by Crippen LogP contribution is 2.54. The molecule has 146 valence electrons. The highest BCUT2D eigenvalue weighted by Gasteiger charge is 2.47. The van der Waals surface area contributed by atoms with Gasteiger partial charge < -0.3 is 9.72 Å². The largest absolute Gasteiger partial charge is 0.469 e. The summed E-state index contributed by atoms with van der Waals surface area (Å²) in [5, 5.41) is 1.38. The van der Waals surface area contributed by atoms with Crippen LogP contribution in [0.4, 0.5) is 0 Å². The number of carbonyl (C=O) groups is 1. The molecule has 0 bridgehead atoms. The average molecular weight is 369 g/mol. The van der Waals surface area contributed by atoms with Crippen molar-refractivity contribution in [3.8, 4) is 0 Å². The molecule has 4 heteroatoms. The quantitative estimate of drug-likeness (QED) is 0.731. The minimum Gasteiger partial charge on any atom is -0.469 e. The van der Waals surface area contributed by atoms with Crippen molar-refractivity contribution in [2.75, 3.05) is 20.2 Å². The van der Waals surface area contributed by atoms with Gasteiger partial charge in [0.1, 0.15) is 0 Å². The maximum absolute atomic E-state index is 12.0. The zero-order valence-electron chi connectivity index (χ0n) is 16.7. The Balaban J connectivity index is 1.76. The Labute approximate surface area is 162 Å². The number of aromatic amines is 1. The van der Waals surface area contributed by atoms with Crippen LogP contribution in [0.1, 0.15) is 69.2 Å². The first-order chi connectivity index (χ1) is 13.2. The predicted molar refractivity (Wildman–Crippen MR) is 109 cm³/mol. The van der Waals surface area contributed by atoms with Gasteiger partial charge in [-0.25, -0.2) is 0 Å². The van der Waals surface area contributed by atoms with Crippen molar-refractivity contribution in [3.63, 3.8) is 0 Å². The molecule has 4 nitrogen and oxygen atoms in total. The van der Waals surface area contributed by atoms with Gasteiger partial charge in [-0.05, 0) is 55.7 Å². The van der Waals surface area contributed by atoms with E-state index in [1.165, 1.54) is 67.9 Å². The molecule has 1 N–H and O–H groups in total. The van der Waals surface area contributed by atoms with E-state index in [-0.39, 0.29) is 11.4 Å². The lowest BCUT2D eigenvalue weighted by Crippen LogP contribution is -2.49. The number of para-hydroxylation sites is 1. The topological polar surface area (TPSA) is 45.3 Å². The molecule has 1 saturated heterocycles. The van der Waals surface area contributed by atoms with E-state index >= 15 is 0 Å². The molecule has 0 spiro atoms. The summed E-state index contributed by atoms with van der Waals surface area (Å²) in [5.41, 5.74) is 4.35. The number of esters is 1. The van der Waals surface area contributed by atoms with Gasteiger partial charge in [-0.1, -0.05) is 38.0 Å². The molecule has 2 atom stereocenters. The van der Waals surface area contributed by atoms with Crippen molar-refractivity contribution in [1.82, 2.24) is 9.88 Å². The lowest BCUT2D eigenvalue weighted by Gasteiger charge is -2.52. The lowest BCUT2D eigenvalue weighted by atomic mass is 9.64. The number of unbranched alkanes of at least 4 members (excludes halogenated alkanes) is 1. The molecule has 2 aromatic rings. The van der Waals surface area contributed by atoms with Crippen molar-refractivity contribution in [1.29, 1.82) is 0 Å². The standard InChI is InChI=1S/C23H32N2O2/c1-3-4-12-23(14-10-20(26)27-2)13-7-15-25-16-11-18-17-8-5-6-9-19(17)24-21(18)22(23)25/h5-6,8-9,22,24H,3-4,7,10-16H2,1-2H3/t22-,23-/m0/s1. The Bertz CT molecular complexity index is 812. The van der Waals surface area contributed by atoms with E-state index in [4.69, 9.17) is 4.74 Å². The van der Waals surface area contributed by atoms with Gasteiger partial charge in [-0.15, -0.1) is 0 Å². The first-order valence-corrected chi connectivity index (χ1v) is 10.6. The molecule has 1 fully saturated rings. The second-order valence-electron chi connectivity index (χ2n) is 8.40. The van der Waals surface area contributed by atoms with E-state index in [2.05, 4.69) is 41.1 Å². The van der Waals surface area contributed by atoms with Crippen LogP contribution in [0.2, 0.25) is 0 Å². The fourth-order valence-electron chi connectivity index (χ4n) is 5.63. The number of benzene rings is 1. The van der Waals surface area contributed by atoms with Crippen molar-refractivity contribution >= 4 is 16.9 Å². The number of ether oxygens (including phenoxy) is 1. The van der Waals surface area contributed by atoms with Crippen LogP contribution >= 0.6 is 0 Å². The number of fused-ring (bicyclic) bond motifs is 5. The summed E-state index contributed by atoms with van der Waals surface area (Å²) in [4.78, 5) is 18.5. The average Bonchev–Trinajstić information content (AvgIpc) is 3.09. The van der Waals surface area contributed by atoms with Crippen molar-refractivity contribution < 1.29 is 9.53 Å². The van der Waals surface area contributed by atoms with E-state index in [1.54, 1.807) is 0 Å². The van der Waals surface area contributed by atoms with E-state index in [9.17, 15) is 4.79 Å². The molecule has 0 unspecified atom stereocenters. The SMILES string of the molecule is CCCC[C@@]1(CCC(=O)OC)CCCN2CCc3c([nH]c4ccccc34)[C@H]21. The van der Waals surface area contributed by atoms with Crippen molar-refractivity contribution in [2.45, 2.75) is 64.3 Å². The second-order valence-corrected chi connectivity index (χ2v) is 8.40. The summed E-state index contributed by atoms with van der Waals surface area (Å²) >= 11 is 0. The number of aromatic nitrogens is 1. The lowest BCUT2D eigenvalue weighted by molar-refractivity contribution is -0.142. The molecule has 2 aliphatic heterocycles. The van der Waals surface area contributed by atoms with Crippen LogP contribution in [0.15, 0.2) is 24.3 Å². The number of rotatable bonds is 6. The number of nitrogens with zero attached hydrogens (tertiary/aromatic N) is 1. The van der Waals surface area contributed by atoms with Crippen LogP contribution in [0.3, 0.4) is 0 Å². The highest BCUT2D eigenvalue weighted by atomic mass is 16.5. The third-order valence-electron chi connectivity index (χ3n) is 6.92. The molecule has 1 aromatic carbocycles. The molecule has 2 aliphatic rings. The van der Waals surface area contributed by atoms with Gasteiger partial charge in [0.15, 0.2) is 0 Å². The van der Waals surface area contributed by atoms with Crippen LogP contribution in [0.5, 0.6) is 0 Å². The molecule has 4 rings (SSSR count). The fraction of sp³-hybridized carbons (Fsp3) is 0.609. The summed E-state index contributed by atoms with van der Waals surface area (Å²) < 4.78 is 4.98. The molecular weight excluding hydrogens is 336 g/mol. The first kappa shape index (κ1) is 18.5. The summed E-state index contributed by atoms with van der Waals surface area (Å²) in [6, 6.07) is 9.11. The summed E-state index contributed by atoms with van der Waals surface area (Å²) in [6.07, 6.45) is 8.63. The predicted octanol–water partition coefficient (Wildman–Crippen LogP) is 4.99. The zero-order valence-corrected chi connectivity index (χ0v) is 16.7. The number of carbonyl (C=O) groups excluding carboxylic acids is 1. The van der Waals surface area contributed by atoms with Crippen LogP contribution in [-0.2, 0) is 16.0 Å². The summed E-state index contributed by atoms with van der Waals surface area (Å²) in [5.74, 6) is -0.0734. The van der Waals surface area contributed by atoms with Gasteiger partial charge in [0.2, 0.25) is 0 Å². The molecule has 27 heavy (non-hydrogen) atoms. The normalized spacial score (nSPS) is 25.2. The zero-order chi connectivity index (χ0) is 18.9. The second kappa shape index (κ2) is 7.67. The Kier molecular flexibility index (Phi) is 5.27. The number of nitrogens with one attached hydrogen (secondary N) is 1. The number of piperidine rings is 1. The smallest absolute Gasteiger partial charge is 0.305 e.